The number of hydrogen-bond donors (Lipinski definition) is 1. The predicted octanol–water partition coefficient (Wildman–Crippen LogP) is 2.44. The molecule has 2 aromatic rings. The largest absolute Gasteiger partial charge is 0.374 e. The molecule has 4 rings (SSSR count). The normalized spacial score (nSPS) is 23.0. The average molecular weight is 339 g/mol. The van der Waals surface area contributed by atoms with Gasteiger partial charge in [0.05, 0.1) is 38.1 Å². The van der Waals surface area contributed by atoms with Crippen molar-refractivity contribution in [3.8, 4) is 0 Å². The Balaban J connectivity index is 1.43. The summed E-state index contributed by atoms with van der Waals surface area (Å²) < 4.78 is 11.4. The molecule has 1 aromatic carbocycles. The predicted molar refractivity (Wildman–Crippen MR) is 91.9 cm³/mol. The van der Waals surface area contributed by atoms with Crippen molar-refractivity contribution in [1.29, 1.82) is 0 Å². The van der Waals surface area contributed by atoms with Crippen molar-refractivity contribution in [3.63, 3.8) is 0 Å². The first-order valence-corrected chi connectivity index (χ1v) is 8.55. The van der Waals surface area contributed by atoms with Gasteiger partial charge in [0.2, 0.25) is 0 Å². The Hall–Kier alpha value is -2.44. The topological polar surface area (TPSA) is 63.7 Å². The van der Waals surface area contributed by atoms with Crippen molar-refractivity contribution in [1.82, 2.24) is 15.2 Å². The molecule has 2 aliphatic heterocycles. The zero-order chi connectivity index (χ0) is 17.1. The number of fused-ring (bicyclic) bond motifs is 1. The fraction of sp³-hybridized carbons (Fsp3) is 0.368. The van der Waals surface area contributed by atoms with E-state index in [0.717, 1.165) is 16.8 Å². The third kappa shape index (κ3) is 3.50. The molecular formula is C19H21N3O3. The Morgan fingerprint density at radius 3 is 2.96 bits per heavy atom. The highest BCUT2D eigenvalue weighted by Crippen LogP contribution is 2.24. The fourth-order valence-electron chi connectivity index (χ4n) is 3.31. The monoisotopic (exact) mass is 339 g/mol. The second-order valence-electron chi connectivity index (χ2n) is 6.28. The first-order chi connectivity index (χ1) is 12.3. The number of urea groups is 1. The van der Waals surface area contributed by atoms with Gasteiger partial charge in [-0.2, -0.15) is 0 Å². The van der Waals surface area contributed by atoms with Crippen LogP contribution in [0.5, 0.6) is 0 Å². The summed E-state index contributed by atoms with van der Waals surface area (Å²) in [5.41, 5.74) is 3.02. The first-order valence-electron chi connectivity index (χ1n) is 8.55. The van der Waals surface area contributed by atoms with Gasteiger partial charge in [-0.25, -0.2) is 4.79 Å². The summed E-state index contributed by atoms with van der Waals surface area (Å²) in [7, 11) is 0. The van der Waals surface area contributed by atoms with E-state index in [-0.39, 0.29) is 18.2 Å². The van der Waals surface area contributed by atoms with Crippen LogP contribution in [0.3, 0.4) is 0 Å². The SMILES string of the molecule is O=C(NC1COCc2cccnc21)N1CCO[C@@H](c2ccccc2)C1. The third-order valence-corrected chi connectivity index (χ3v) is 4.62. The lowest BCUT2D eigenvalue weighted by atomic mass is 10.1. The molecule has 1 N–H and O–H groups in total. The Kier molecular flexibility index (Phi) is 4.63. The smallest absolute Gasteiger partial charge is 0.318 e. The fourth-order valence-corrected chi connectivity index (χ4v) is 3.31. The standard InChI is InChI=1S/C19H21N3O3/c23-19(21-16-13-24-12-15-7-4-8-20-18(15)16)22-9-10-25-17(11-22)14-5-2-1-3-6-14/h1-8,16-17H,9-13H2,(H,21,23)/t16?,17-/m1/s1. The van der Waals surface area contributed by atoms with Crippen molar-refractivity contribution in [2.45, 2.75) is 18.8 Å². The number of nitrogens with one attached hydrogen (secondary N) is 1. The number of carbonyl (C=O) groups is 1. The Bertz CT molecular complexity index is 738. The molecule has 0 bridgehead atoms. The van der Waals surface area contributed by atoms with Gasteiger partial charge in [0.15, 0.2) is 0 Å². The molecule has 1 aromatic heterocycles. The maximum absolute atomic E-state index is 12.7. The second kappa shape index (κ2) is 7.21. The number of nitrogens with zero attached hydrogens (tertiary/aromatic N) is 2. The average Bonchev–Trinajstić information content (AvgIpc) is 2.69. The molecule has 130 valence electrons. The quantitative estimate of drug-likeness (QED) is 0.913. The molecule has 1 fully saturated rings. The van der Waals surface area contributed by atoms with Crippen molar-refractivity contribution < 1.29 is 14.3 Å². The van der Waals surface area contributed by atoms with E-state index < -0.39 is 0 Å². The molecule has 1 saturated heterocycles. The van der Waals surface area contributed by atoms with Crippen LogP contribution in [-0.4, -0.2) is 42.2 Å². The number of morpholine rings is 1. The number of benzene rings is 1. The van der Waals surface area contributed by atoms with Crippen molar-refractivity contribution in [2.75, 3.05) is 26.3 Å². The Labute approximate surface area is 146 Å². The van der Waals surface area contributed by atoms with Crippen molar-refractivity contribution >= 4 is 6.03 Å². The number of pyridine rings is 1. The number of aromatic nitrogens is 1. The maximum Gasteiger partial charge on any atom is 0.318 e. The molecule has 2 atom stereocenters. The highest BCUT2D eigenvalue weighted by atomic mass is 16.5. The highest BCUT2D eigenvalue weighted by Gasteiger charge is 2.29. The van der Waals surface area contributed by atoms with Crippen LogP contribution in [0.1, 0.15) is 29.0 Å². The maximum atomic E-state index is 12.7. The molecule has 2 aliphatic rings. The van der Waals surface area contributed by atoms with Crippen LogP contribution >= 0.6 is 0 Å². The molecule has 6 nitrogen and oxygen atoms in total. The minimum absolute atomic E-state index is 0.0892. The van der Waals surface area contributed by atoms with Crippen LogP contribution in [0.15, 0.2) is 48.7 Å². The molecule has 2 amide bonds. The van der Waals surface area contributed by atoms with E-state index >= 15 is 0 Å². The summed E-state index contributed by atoms with van der Waals surface area (Å²) in [6, 6.07) is 13.6. The van der Waals surface area contributed by atoms with E-state index in [1.807, 2.05) is 42.5 Å². The number of ether oxygens (including phenoxy) is 2. The van der Waals surface area contributed by atoms with Gasteiger partial charge in [-0.1, -0.05) is 36.4 Å². The lowest BCUT2D eigenvalue weighted by Crippen LogP contribution is -2.49. The van der Waals surface area contributed by atoms with Crippen LogP contribution < -0.4 is 5.32 Å². The Morgan fingerprint density at radius 2 is 2.08 bits per heavy atom. The van der Waals surface area contributed by atoms with Crippen LogP contribution in [0.25, 0.3) is 0 Å². The number of rotatable bonds is 2. The molecule has 0 aliphatic carbocycles. The van der Waals surface area contributed by atoms with Crippen molar-refractivity contribution in [2.24, 2.45) is 0 Å². The molecule has 3 heterocycles. The van der Waals surface area contributed by atoms with Gasteiger partial charge in [0, 0.05) is 18.3 Å². The zero-order valence-electron chi connectivity index (χ0n) is 13.9. The molecular weight excluding hydrogens is 318 g/mol. The minimum Gasteiger partial charge on any atom is -0.374 e. The van der Waals surface area contributed by atoms with Gasteiger partial charge in [0.1, 0.15) is 6.10 Å². The van der Waals surface area contributed by atoms with Crippen LogP contribution in [-0.2, 0) is 16.1 Å². The molecule has 0 saturated carbocycles. The van der Waals surface area contributed by atoms with Crippen LogP contribution in [0.2, 0.25) is 0 Å². The summed E-state index contributed by atoms with van der Waals surface area (Å²) >= 11 is 0. The van der Waals surface area contributed by atoms with E-state index in [9.17, 15) is 4.79 Å². The molecule has 0 radical (unpaired) electrons. The second-order valence-corrected chi connectivity index (χ2v) is 6.28. The van der Waals surface area contributed by atoms with Gasteiger partial charge in [-0.05, 0) is 11.6 Å². The molecule has 6 heteroatoms. The van der Waals surface area contributed by atoms with Gasteiger partial charge >= 0.3 is 6.03 Å². The summed E-state index contributed by atoms with van der Waals surface area (Å²) in [4.78, 5) is 19.0. The van der Waals surface area contributed by atoms with Crippen molar-refractivity contribution in [3.05, 3.63) is 65.5 Å². The summed E-state index contributed by atoms with van der Waals surface area (Å²) in [6.07, 6.45) is 1.66. The summed E-state index contributed by atoms with van der Waals surface area (Å²) in [5.74, 6) is 0. The van der Waals surface area contributed by atoms with E-state index in [1.54, 1.807) is 11.1 Å². The summed E-state index contributed by atoms with van der Waals surface area (Å²) in [6.45, 7) is 2.64. The van der Waals surface area contributed by atoms with Crippen LogP contribution in [0.4, 0.5) is 4.79 Å². The van der Waals surface area contributed by atoms with E-state index in [4.69, 9.17) is 9.47 Å². The van der Waals surface area contributed by atoms with Crippen LogP contribution in [0, 0.1) is 0 Å². The molecule has 0 spiro atoms. The number of carbonyl (C=O) groups excluding carboxylic acids is 1. The van der Waals surface area contributed by atoms with E-state index in [0.29, 0.717) is 32.9 Å². The lowest BCUT2D eigenvalue weighted by molar-refractivity contribution is -0.0166. The number of amides is 2. The lowest BCUT2D eigenvalue weighted by Gasteiger charge is -2.35. The molecule has 25 heavy (non-hydrogen) atoms. The van der Waals surface area contributed by atoms with Gasteiger partial charge in [-0.15, -0.1) is 0 Å². The minimum atomic E-state index is -0.213. The van der Waals surface area contributed by atoms with E-state index in [1.165, 1.54) is 0 Å². The number of hydrogen-bond acceptors (Lipinski definition) is 4. The highest BCUT2D eigenvalue weighted by molar-refractivity contribution is 5.75. The van der Waals surface area contributed by atoms with Gasteiger partial charge < -0.3 is 19.7 Å². The summed E-state index contributed by atoms with van der Waals surface area (Å²) in [5, 5.41) is 3.06. The zero-order valence-corrected chi connectivity index (χ0v) is 13.9. The van der Waals surface area contributed by atoms with Gasteiger partial charge in [-0.3, -0.25) is 4.98 Å². The first kappa shape index (κ1) is 16.1. The molecule has 1 unspecified atom stereocenters. The van der Waals surface area contributed by atoms with Gasteiger partial charge in [0.25, 0.3) is 0 Å². The third-order valence-electron chi connectivity index (χ3n) is 4.62. The van der Waals surface area contributed by atoms with E-state index in [2.05, 4.69) is 10.3 Å². The Morgan fingerprint density at radius 1 is 1.20 bits per heavy atom.